The van der Waals surface area contributed by atoms with Crippen LogP contribution in [0.4, 0.5) is 0 Å². The normalized spacial score (nSPS) is 11.0. The molecule has 0 unspecified atom stereocenters. The molecule has 0 saturated heterocycles. The van der Waals surface area contributed by atoms with Crippen LogP contribution >= 0.6 is 0 Å². The Labute approximate surface area is 141 Å². The summed E-state index contributed by atoms with van der Waals surface area (Å²) in [6.45, 7) is 0.809. The molecule has 0 fully saturated rings. The number of nitrogens with two attached hydrogens (primary N) is 1. The van der Waals surface area contributed by atoms with Gasteiger partial charge >= 0.3 is 0 Å². The number of hydrogen-bond donors (Lipinski definition) is 2. The Bertz CT molecular complexity index is 759. The SMILES string of the molecule is NS(=O)(=O)c1ccc(CNC(=O)CCCOc2ccccc2)cc1. The number of carbonyl (C=O) groups is 1. The predicted octanol–water partition coefficient (Wildman–Crippen LogP) is 1.81. The van der Waals surface area contributed by atoms with E-state index in [9.17, 15) is 13.2 Å². The fraction of sp³-hybridized carbons (Fsp3) is 0.235. The molecule has 0 heterocycles. The standard InChI is InChI=1S/C17H20N2O4S/c18-24(21,22)16-10-8-14(9-11-16)13-19-17(20)7-4-12-23-15-5-2-1-3-6-15/h1-3,5-6,8-11H,4,7,12-13H2,(H,19,20)(H2,18,21,22). The maximum absolute atomic E-state index is 11.8. The van der Waals surface area contributed by atoms with E-state index in [1.54, 1.807) is 12.1 Å². The van der Waals surface area contributed by atoms with Crippen LogP contribution in [0.3, 0.4) is 0 Å². The number of ether oxygens (including phenoxy) is 1. The molecule has 2 aromatic carbocycles. The van der Waals surface area contributed by atoms with Gasteiger partial charge in [0, 0.05) is 13.0 Å². The van der Waals surface area contributed by atoms with Gasteiger partial charge < -0.3 is 10.1 Å². The van der Waals surface area contributed by atoms with Crippen molar-refractivity contribution in [1.29, 1.82) is 0 Å². The Kier molecular flexibility index (Phi) is 6.34. The van der Waals surface area contributed by atoms with Gasteiger partial charge in [0.1, 0.15) is 5.75 Å². The van der Waals surface area contributed by atoms with Gasteiger partial charge in [-0.25, -0.2) is 13.6 Å². The van der Waals surface area contributed by atoms with E-state index in [0.29, 0.717) is 26.0 Å². The highest BCUT2D eigenvalue weighted by Gasteiger charge is 2.07. The van der Waals surface area contributed by atoms with Crippen LogP contribution in [-0.4, -0.2) is 20.9 Å². The largest absolute Gasteiger partial charge is 0.494 e. The second-order valence-corrected chi connectivity index (χ2v) is 6.79. The fourth-order valence-corrected chi connectivity index (χ4v) is 2.54. The number of sulfonamides is 1. The Morgan fingerprint density at radius 2 is 1.71 bits per heavy atom. The number of hydrogen-bond acceptors (Lipinski definition) is 4. The van der Waals surface area contributed by atoms with Crippen LogP contribution in [-0.2, 0) is 21.4 Å². The van der Waals surface area contributed by atoms with E-state index in [1.165, 1.54) is 12.1 Å². The Balaban J connectivity index is 1.67. The van der Waals surface area contributed by atoms with Crippen molar-refractivity contribution in [2.24, 2.45) is 5.14 Å². The van der Waals surface area contributed by atoms with Gasteiger partial charge in [-0.2, -0.15) is 0 Å². The molecule has 0 aliphatic rings. The molecule has 2 aromatic rings. The second kappa shape index (κ2) is 8.47. The van der Waals surface area contributed by atoms with E-state index >= 15 is 0 Å². The van der Waals surface area contributed by atoms with E-state index in [0.717, 1.165) is 11.3 Å². The number of amides is 1. The highest BCUT2D eigenvalue weighted by Crippen LogP contribution is 2.10. The molecule has 0 radical (unpaired) electrons. The maximum atomic E-state index is 11.8. The van der Waals surface area contributed by atoms with Crippen LogP contribution in [0.5, 0.6) is 5.75 Å². The van der Waals surface area contributed by atoms with Crippen molar-refractivity contribution in [1.82, 2.24) is 5.32 Å². The van der Waals surface area contributed by atoms with Crippen LogP contribution in [0.25, 0.3) is 0 Å². The monoisotopic (exact) mass is 348 g/mol. The average Bonchev–Trinajstić information content (AvgIpc) is 2.57. The summed E-state index contributed by atoms with van der Waals surface area (Å²) in [4.78, 5) is 11.8. The lowest BCUT2D eigenvalue weighted by Crippen LogP contribution is -2.23. The fourth-order valence-electron chi connectivity index (χ4n) is 2.03. The number of primary sulfonamides is 1. The first-order valence-corrected chi connectivity index (χ1v) is 9.06. The van der Waals surface area contributed by atoms with E-state index in [2.05, 4.69) is 5.32 Å². The zero-order valence-electron chi connectivity index (χ0n) is 13.1. The molecule has 0 saturated carbocycles. The van der Waals surface area contributed by atoms with Crippen molar-refractivity contribution >= 4 is 15.9 Å². The van der Waals surface area contributed by atoms with Gasteiger partial charge in [-0.05, 0) is 36.2 Å². The molecule has 2 rings (SSSR count). The first kappa shape index (κ1) is 18.0. The molecule has 0 bridgehead atoms. The van der Waals surface area contributed by atoms with E-state index in [-0.39, 0.29) is 10.8 Å². The molecule has 0 spiro atoms. The van der Waals surface area contributed by atoms with Gasteiger partial charge in [-0.3, -0.25) is 4.79 Å². The van der Waals surface area contributed by atoms with E-state index < -0.39 is 10.0 Å². The molecule has 0 aliphatic carbocycles. The van der Waals surface area contributed by atoms with Crippen molar-refractivity contribution in [3.8, 4) is 5.75 Å². The van der Waals surface area contributed by atoms with Crippen molar-refractivity contribution in [3.05, 3.63) is 60.2 Å². The maximum Gasteiger partial charge on any atom is 0.238 e. The molecule has 0 aliphatic heterocycles. The number of nitrogens with one attached hydrogen (secondary N) is 1. The summed E-state index contributed by atoms with van der Waals surface area (Å²) in [5.74, 6) is 0.704. The second-order valence-electron chi connectivity index (χ2n) is 5.23. The lowest BCUT2D eigenvalue weighted by atomic mass is 10.2. The third-order valence-corrected chi connectivity index (χ3v) is 4.23. The minimum atomic E-state index is -3.69. The minimum absolute atomic E-state index is 0.0515. The molecule has 0 atom stereocenters. The van der Waals surface area contributed by atoms with E-state index in [1.807, 2.05) is 30.3 Å². The summed E-state index contributed by atoms with van der Waals surface area (Å²) >= 11 is 0. The third kappa shape index (κ3) is 6.02. The minimum Gasteiger partial charge on any atom is -0.494 e. The Morgan fingerprint density at radius 1 is 1.04 bits per heavy atom. The molecule has 7 heteroatoms. The van der Waals surface area contributed by atoms with Crippen LogP contribution < -0.4 is 15.2 Å². The number of para-hydroxylation sites is 1. The molecule has 3 N–H and O–H groups in total. The first-order valence-electron chi connectivity index (χ1n) is 7.51. The van der Waals surface area contributed by atoms with Gasteiger partial charge in [0.2, 0.25) is 15.9 Å². The lowest BCUT2D eigenvalue weighted by Gasteiger charge is -2.07. The summed E-state index contributed by atoms with van der Waals surface area (Å²) in [5, 5.41) is 7.81. The first-order chi connectivity index (χ1) is 11.4. The van der Waals surface area contributed by atoms with Crippen LogP contribution in [0, 0.1) is 0 Å². The molecule has 0 aromatic heterocycles. The lowest BCUT2D eigenvalue weighted by molar-refractivity contribution is -0.121. The third-order valence-electron chi connectivity index (χ3n) is 3.30. The molecular weight excluding hydrogens is 328 g/mol. The van der Waals surface area contributed by atoms with Gasteiger partial charge in [-0.15, -0.1) is 0 Å². The topological polar surface area (TPSA) is 98.5 Å². The van der Waals surface area contributed by atoms with E-state index in [4.69, 9.17) is 9.88 Å². The Morgan fingerprint density at radius 3 is 2.33 bits per heavy atom. The zero-order chi connectivity index (χ0) is 17.4. The number of benzene rings is 2. The Hall–Kier alpha value is -2.38. The molecule has 1 amide bonds. The summed E-state index contributed by atoms with van der Waals surface area (Å²) < 4.78 is 27.8. The number of carbonyl (C=O) groups excluding carboxylic acids is 1. The van der Waals surface area contributed by atoms with Crippen LogP contribution in [0.1, 0.15) is 18.4 Å². The molecule has 6 nitrogen and oxygen atoms in total. The van der Waals surface area contributed by atoms with Gasteiger partial charge in [0.05, 0.1) is 11.5 Å². The van der Waals surface area contributed by atoms with Crippen molar-refractivity contribution in [2.75, 3.05) is 6.61 Å². The summed E-state index contributed by atoms with van der Waals surface area (Å²) in [5.41, 5.74) is 0.802. The van der Waals surface area contributed by atoms with Crippen LogP contribution in [0.15, 0.2) is 59.5 Å². The average molecular weight is 348 g/mol. The number of rotatable bonds is 8. The highest BCUT2D eigenvalue weighted by molar-refractivity contribution is 7.89. The van der Waals surface area contributed by atoms with Gasteiger partial charge in [0.15, 0.2) is 0 Å². The smallest absolute Gasteiger partial charge is 0.238 e. The zero-order valence-corrected chi connectivity index (χ0v) is 14.0. The molecular formula is C17H20N2O4S. The molecule has 24 heavy (non-hydrogen) atoms. The quantitative estimate of drug-likeness (QED) is 0.711. The highest BCUT2D eigenvalue weighted by atomic mass is 32.2. The molecule has 128 valence electrons. The van der Waals surface area contributed by atoms with Gasteiger partial charge in [-0.1, -0.05) is 30.3 Å². The van der Waals surface area contributed by atoms with Crippen LogP contribution in [0.2, 0.25) is 0 Å². The van der Waals surface area contributed by atoms with Crippen molar-refractivity contribution in [3.63, 3.8) is 0 Å². The van der Waals surface area contributed by atoms with Gasteiger partial charge in [0.25, 0.3) is 0 Å². The summed E-state index contributed by atoms with van der Waals surface area (Å²) in [7, 11) is -3.69. The summed E-state index contributed by atoms with van der Waals surface area (Å²) in [6, 6.07) is 15.5. The van der Waals surface area contributed by atoms with Crippen molar-refractivity contribution < 1.29 is 17.9 Å². The predicted molar refractivity (Wildman–Crippen MR) is 90.8 cm³/mol. The summed E-state index contributed by atoms with van der Waals surface area (Å²) in [6.07, 6.45) is 0.979. The van der Waals surface area contributed by atoms with Crippen molar-refractivity contribution in [2.45, 2.75) is 24.3 Å².